The molecule has 1 heterocycles. The number of benzene rings is 2. The van der Waals surface area contributed by atoms with Crippen LogP contribution in [0.2, 0.25) is 0 Å². The fourth-order valence-electron chi connectivity index (χ4n) is 2.33. The second kappa shape index (κ2) is 8.85. The Morgan fingerprint density at radius 3 is 2.43 bits per heavy atom. The molecular weight excluding hydrogens is 444 g/mol. The topological polar surface area (TPSA) is 100 Å². The Hall–Kier alpha value is -2.91. The van der Waals surface area contributed by atoms with Crippen molar-refractivity contribution in [2.45, 2.75) is 11.4 Å². The minimum Gasteiger partial charge on any atom is -0.334 e. The van der Waals surface area contributed by atoms with Gasteiger partial charge < -0.3 is 10.6 Å². The lowest BCUT2D eigenvalue weighted by Gasteiger charge is -2.10. The van der Waals surface area contributed by atoms with Gasteiger partial charge in [-0.1, -0.05) is 28.1 Å². The van der Waals surface area contributed by atoms with Crippen molar-refractivity contribution >= 4 is 43.4 Å². The number of urea groups is 1. The number of hydrogen-bond acceptors (Lipinski definition) is 4. The maximum atomic E-state index is 12.4. The fourth-order valence-corrected chi connectivity index (χ4v) is 3.98. The Bertz CT molecular complexity index is 1060. The number of nitrogens with zero attached hydrogens (tertiary/aromatic N) is 1. The van der Waals surface area contributed by atoms with Crippen LogP contribution in [0.1, 0.15) is 5.56 Å². The molecule has 2 amide bonds. The van der Waals surface area contributed by atoms with Crippen LogP contribution in [0.3, 0.4) is 0 Å². The Labute approximate surface area is 171 Å². The van der Waals surface area contributed by atoms with Crippen molar-refractivity contribution in [2.75, 3.05) is 10.0 Å². The number of aromatic nitrogens is 1. The maximum Gasteiger partial charge on any atom is 0.319 e. The molecule has 0 saturated heterocycles. The summed E-state index contributed by atoms with van der Waals surface area (Å²) in [6.07, 6.45) is 3.34. The molecule has 0 aliphatic heterocycles. The van der Waals surface area contributed by atoms with Crippen LogP contribution in [0.15, 0.2) is 82.4 Å². The minimum absolute atomic E-state index is 0.152. The van der Waals surface area contributed by atoms with Gasteiger partial charge in [-0.25, -0.2) is 13.2 Å². The number of carbonyl (C=O) groups excluding carboxylic acids is 1. The van der Waals surface area contributed by atoms with Crippen LogP contribution < -0.4 is 15.4 Å². The molecule has 2 aromatic carbocycles. The molecule has 3 N–H and O–H groups in total. The number of rotatable bonds is 6. The molecule has 3 rings (SSSR count). The molecule has 0 aliphatic rings. The predicted octanol–water partition coefficient (Wildman–Crippen LogP) is 3.97. The molecular formula is C19H17BrN4O3S. The average molecular weight is 461 g/mol. The van der Waals surface area contributed by atoms with E-state index in [2.05, 4.69) is 36.3 Å². The highest BCUT2D eigenvalue weighted by atomic mass is 79.9. The molecule has 0 bridgehead atoms. The largest absolute Gasteiger partial charge is 0.334 e. The number of anilines is 2. The van der Waals surface area contributed by atoms with Gasteiger partial charge in [-0.15, -0.1) is 0 Å². The zero-order valence-corrected chi connectivity index (χ0v) is 17.0. The number of pyridine rings is 1. The van der Waals surface area contributed by atoms with Crippen LogP contribution in [0.25, 0.3) is 0 Å². The van der Waals surface area contributed by atoms with Gasteiger partial charge in [0, 0.05) is 34.8 Å². The van der Waals surface area contributed by atoms with E-state index in [1.54, 1.807) is 54.9 Å². The third-order valence-corrected chi connectivity index (χ3v) is 5.55. The highest BCUT2D eigenvalue weighted by Crippen LogP contribution is 2.20. The van der Waals surface area contributed by atoms with Crippen molar-refractivity contribution in [3.63, 3.8) is 0 Å². The van der Waals surface area contributed by atoms with E-state index in [0.29, 0.717) is 22.4 Å². The molecule has 0 atom stereocenters. The first-order valence-electron chi connectivity index (χ1n) is 8.24. The van der Waals surface area contributed by atoms with E-state index in [9.17, 15) is 13.2 Å². The highest BCUT2D eigenvalue weighted by molar-refractivity contribution is 9.10. The van der Waals surface area contributed by atoms with Gasteiger partial charge in [0.1, 0.15) is 0 Å². The third kappa shape index (κ3) is 5.54. The summed E-state index contributed by atoms with van der Waals surface area (Å²) < 4.78 is 28.0. The number of hydrogen-bond donors (Lipinski definition) is 3. The number of amides is 2. The smallest absolute Gasteiger partial charge is 0.319 e. The van der Waals surface area contributed by atoms with Crippen molar-refractivity contribution in [1.29, 1.82) is 0 Å². The summed E-state index contributed by atoms with van der Waals surface area (Å²) in [5.74, 6) is 0. The van der Waals surface area contributed by atoms with Crippen LogP contribution in [-0.2, 0) is 16.6 Å². The Morgan fingerprint density at radius 2 is 1.75 bits per heavy atom. The van der Waals surface area contributed by atoms with E-state index in [-0.39, 0.29) is 10.9 Å². The number of sulfonamides is 1. The second-order valence-corrected chi connectivity index (χ2v) is 8.41. The first-order chi connectivity index (χ1) is 13.4. The lowest BCUT2D eigenvalue weighted by Crippen LogP contribution is -2.28. The van der Waals surface area contributed by atoms with E-state index in [0.717, 1.165) is 5.56 Å². The molecule has 144 valence electrons. The SMILES string of the molecule is O=C(NCc1cccnc1)Nc1ccc(NS(=O)(=O)c2cccc(Br)c2)cc1. The van der Waals surface area contributed by atoms with Gasteiger partial charge in [0.15, 0.2) is 0 Å². The molecule has 1 aromatic heterocycles. The molecule has 0 radical (unpaired) electrons. The summed E-state index contributed by atoms with van der Waals surface area (Å²) in [5.41, 5.74) is 1.81. The lowest BCUT2D eigenvalue weighted by molar-refractivity contribution is 0.251. The minimum atomic E-state index is -3.70. The van der Waals surface area contributed by atoms with Crippen LogP contribution >= 0.6 is 15.9 Å². The van der Waals surface area contributed by atoms with Crippen molar-refractivity contribution < 1.29 is 13.2 Å². The molecule has 0 spiro atoms. The summed E-state index contributed by atoms with van der Waals surface area (Å²) >= 11 is 3.26. The van der Waals surface area contributed by atoms with Gasteiger partial charge in [0.05, 0.1) is 4.90 Å². The molecule has 9 heteroatoms. The van der Waals surface area contributed by atoms with Crippen LogP contribution in [0, 0.1) is 0 Å². The quantitative estimate of drug-likeness (QED) is 0.517. The van der Waals surface area contributed by atoms with Crippen LogP contribution in [0.5, 0.6) is 0 Å². The van der Waals surface area contributed by atoms with Gasteiger partial charge in [0.2, 0.25) is 0 Å². The Balaban J connectivity index is 1.58. The molecule has 0 unspecified atom stereocenters. The zero-order valence-electron chi connectivity index (χ0n) is 14.6. The van der Waals surface area contributed by atoms with E-state index in [4.69, 9.17) is 0 Å². The Morgan fingerprint density at radius 1 is 1.00 bits per heavy atom. The summed E-state index contributed by atoms with van der Waals surface area (Å²) in [6, 6.07) is 16.1. The van der Waals surface area contributed by atoms with Crippen LogP contribution in [0.4, 0.5) is 16.2 Å². The average Bonchev–Trinajstić information content (AvgIpc) is 2.68. The third-order valence-electron chi connectivity index (χ3n) is 3.68. The second-order valence-electron chi connectivity index (χ2n) is 5.81. The van der Waals surface area contributed by atoms with Gasteiger partial charge in [-0.3, -0.25) is 9.71 Å². The maximum absolute atomic E-state index is 12.4. The molecule has 3 aromatic rings. The monoisotopic (exact) mass is 460 g/mol. The lowest BCUT2D eigenvalue weighted by atomic mass is 10.3. The van der Waals surface area contributed by atoms with E-state index >= 15 is 0 Å². The normalized spacial score (nSPS) is 10.9. The summed E-state index contributed by atoms with van der Waals surface area (Å²) in [7, 11) is -3.70. The summed E-state index contributed by atoms with van der Waals surface area (Å²) in [6.45, 7) is 0.351. The van der Waals surface area contributed by atoms with E-state index in [1.165, 1.54) is 12.1 Å². The van der Waals surface area contributed by atoms with Crippen molar-refractivity contribution in [3.05, 3.63) is 83.1 Å². The highest BCUT2D eigenvalue weighted by Gasteiger charge is 2.14. The van der Waals surface area contributed by atoms with Crippen molar-refractivity contribution in [1.82, 2.24) is 10.3 Å². The summed E-state index contributed by atoms with van der Waals surface area (Å²) in [4.78, 5) is 16.1. The van der Waals surface area contributed by atoms with Crippen LogP contribution in [-0.4, -0.2) is 19.4 Å². The van der Waals surface area contributed by atoms with Gasteiger partial charge in [-0.2, -0.15) is 0 Å². The number of halogens is 1. The first kappa shape index (κ1) is 19.8. The first-order valence-corrected chi connectivity index (χ1v) is 10.5. The molecule has 28 heavy (non-hydrogen) atoms. The molecule has 0 aliphatic carbocycles. The van der Waals surface area contributed by atoms with E-state index in [1.807, 2.05) is 6.07 Å². The molecule has 0 fully saturated rings. The van der Waals surface area contributed by atoms with E-state index < -0.39 is 10.0 Å². The van der Waals surface area contributed by atoms with Gasteiger partial charge in [-0.05, 0) is 54.1 Å². The zero-order chi connectivity index (χ0) is 20.0. The summed E-state index contributed by atoms with van der Waals surface area (Å²) in [5, 5.41) is 5.41. The van der Waals surface area contributed by atoms with Crippen molar-refractivity contribution in [3.8, 4) is 0 Å². The number of carbonyl (C=O) groups is 1. The predicted molar refractivity (Wildman–Crippen MR) is 111 cm³/mol. The molecule has 0 saturated carbocycles. The number of nitrogens with one attached hydrogen (secondary N) is 3. The fraction of sp³-hybridized carbons (Fsp3) is 0.0526. The Kier molecular flexibility index (Phi) is 6.27. The standard InChI is InChI=1S/C19H17BrN4O3S/c20-15-4-1-5-18(11-15)28(26,27)24-17-8-6-16(7-9-17)23-19(25)22-13-14-3-2-10-21-12-14/h1-12,24H,13H2,(H2,22,23,25). The van der Waals surface area contributed by atoms with Gasteiger partial charge >= 0.3 is 6.03 Å². The van der Waals surface area contributed by atoms with Crippen molar-refractivity contribution in [2.24, 2.45) is 0 Å². The van der Waals surface area contributed by atoms with Gasteiger partial charge in [0.25, 0.3) is 10.0 Å². The molecule has 7 nitrogen and oxygen atoms in total.